The molecule has 1 aromatic heterocycles. The van der Waals surface area contributed by atoms with Gasteiger partial charge in [0.15, 0.2) is 0 Å². The summed E-state index contributed by atoms with van der Waals surface area (Å²) in [6.45, 7) is 1.52. The highest BCUT2D eigenvalue weighted by molar-refractivity contribution is 5.74. The van der Waals surface area contributed by atoms with Gasteiger partial charge in [0.05, 0.1) is 5.69 Å². The van der Waals surface area contributed by atoms with Gasteiger partial charge in [-0.3, -0.25) is 9.59 Å². The number of rotatable bonds is 3. The zero-order valence-electron chi connectivity index (χ0n) is 9.06. The molecule has 1 aliphatic carbocycles. The summed E-state index contributed by atoms with van der Waals surface area (Å²) in [6, 6.07) is 1.47. The highest BCUT2D eigenvalue weighted by Crippen LogP contribution is 2.34. The number of aliphatic carboxylic acids is 1. The summed E-state index contributed by atoms with van der Waals surface area (Å²) in [5.41, 5.74) is 0.470. The monoisotopic (exact) mass is 222 g/mol. The van der Waals surface area contributed by atoms with Crippen LogP contribution in [-0.2, 0) is 4.79 Å². The van der Waals surface area contributed by atoms with Gasteiger partial charge in [0.1, 0.15) is 11.7 Å². The van der Waals surface area contributed by atoms with Crippen LogP contribution in [-0.4, -0.2) is 21.0 Å². The van der Waals surface area contributed by atoms with Crippen LogP contribution in [0.1, 0.15) is 49.5 Å². The van der Waals surface area contributed by atoms with Gasteiger partial charge in [-0.15, -0.1) is 0 Å². The van der Waals surface area contributed by atoms with Crippen LogP contribution in [0.5, 0.6) is 0 Å². The highest BCUT2D eigenvalue weighted by atomic mass is 16.4. The molecular formula is C11H14N2O3. The topological polar surface area (TPSA) is 83.0 Å². The Morgan fingerprint density at radius 3 is 2.81 bits per heavy atom. The molecule has 0 saturated heterocycles. The quantitative estimate of drug-likeness (QED) is 0.805. The van der Waals surface area contributed by atoms with E-state index < -0.39 is 11.9 Å². The van der Waals surface area contributed by atoms with Crippen LogP contribution < -0.4 is 5.56 Å². The summed E-state index contributed by atoms with van der Waals surface area (Å²) in [7, 11) is 0. The summed E-state index contributed by atoms with van der Waals surface area (Å²) in [6.07, 6.45) is 3.23. The van der Waals surface area contributed by atoms with Crippen LogP contribution in [0.3, 0.4) is 0 Å². The lowest BCUT2D eigenvalue weighted by Crippen LogP contribution is -2.21. The van der Waals surface area contributed by atoms with Crippen LogP contribution >= 0.6 is 0 Å². The van der Waals surface area contributed by atoms with Crippen LogP contribution in [0.15, 0.2) is 10.9 Å². The molecule has 1 fully saturated rings. The first-order valence-electron chi connectivity index (χ1n) is 5.42. The second-order valence-electron chi connectivity index (χ2n) is 4.24. The van der Waals surface area contributed by atoms with Gasteiger partial charge in [0.2, 0.25) is 0 Å². The molecule has 1 aliphatic rings. The van der Waals surface area contributed by atoms with E-state index in [0.717, 1.165) is 25.0 Å². The maximum Gasteiger partial charge on any atom is 0.313 e. The van der Waals surface area contributed by atoms with E-state index in [9.17, 15) is 9.59 Å². The Morgan fingerprint density at radius 2 is 2.31 bits per heavy atom. The Balaban J connectivity index is 2.35. The molecule has 2 N–H and O–H groups in total. The van der Waals surface area contributed by atoms with Crippen molar-refractivity contribution in [1.82, 2.24) is 9.97 Å². The number of aromatic nitrogens is 2. The fraction of sp³-hybridized carbons (Fsp3) is 0.545. The number of nitrogens with zero attached hydrogens (tertiary/aromatic N) is 1. The molecule has 1 heterocycles. The molecule has 1 atom stereocenters. The molecule has 1 saturated carbocycles. The first-order chi connectivity index (χ1) is 7.58. The normalized spacial score (nSPS) is 17.8. The molecule has 0 amide bonds. The Kier molecular flexibility index (Phi) is 2.77. The summed E-state index contributed by atoms with van der Waals surface area (Å²) in [5.74, 6) is -1.16. The Labute approximate surface area is 92.5 Å². The minimum absolute atomic E-state index is 0.252. The maximum absolute atomic E-state index is 11.4. The summed E-state index contributed by atoms with van der Waals surface area (Å²) < 4.78 is 0. The average molecular weight is 222 g/mol. The second-order valence-corrected chi connectivity index (χ2v) is 4.24. The van der Waals surface area contributed by atoms with E-state index in [2.05, 4.69) is 9.97 Å². The van der Waals surface area contributed by atoms with Crippen LogP contribution in [0.25, 0.3) is 0 Å². The molecule has 5 nitrogen and oxygen atoms in total. The Bertz CT molecular complexity index is 463. The first-order valence-corrected chi connectivity index (χ1v) is 5.42. The fourth-order valence-corrected chi connectivity index (χ4v) is 1.73. The zero-order valence-corrected chi connectivity index (χ0v) is 9.06. The van der Waals surface area contributed by atoms with Crippen molar-refractivity contribution in [3.05, 3.63) is 27.9 Å². The van der Waals surface area contributed by atoms with Crippen molar-refractivity contribution >= 4 is 5.97 Å². The number of hydrogen-bond donors (Lipinski definition) is 2. The second kappa shape index (κ2) is 4.08. The molecule has 5 heteroatoms. The molecule has 0 bridgehead atoms. The fourth-order valence-electron chi connectivity index (χ4n) is 1.73. The van der Waals surface area contributed by atoms with Crippen molar-refractivity contribution in [2.75, 3.05) is 0 Å². The standard InChI is InChI=1S/C11H14N2O3/c1-6(11(15)16)10-12-8(5-9(14)13-10)7-3-2-4-7/h5-7H,2-4H2,1H3,(H,15,16)(H,12,13,14). The highest BCUT2D eigenvalue weighted by Gasteiger charge is 2.24. The zero-order chi connectivity index (χ0) is 11.7. The molecule has 16 heavy (non-hydrogen) atoms. The molecule has 0 aliphatic heterocycles. The van der Waals surface area contributed by atoms with Gasteiger partial charge in [0, 0.05) is 12.0 Å². The first kappa shape index (κ1) is 10.9. The van der Waals surface area contributed by atoms with E-state index in [1.807, 2.05) is 0 Å². The lowest BCUT2D eigenvalue weighted by Gasteiger charge is -2.24. The lowest BCUT2D eigenvalue weighted by molar-refractivity contribution is -0.138. The number of aromatic amines is 1. The minimum atomic E-state index is -0.978. The molecule has 0 aromatic carbocycles. The van der Waals surface area contributed by atoms with Gasteiger partial charge < -0.3 is 10.1 Å². The molecule has 86 valence electrons. The van der Waals surface area contributed by atoms with Gasteiger partial charge in [-0.2, -0.15) is 0 Å². The van der Waals surface area contributed by atoms with Gasteiger partial charge in [0.25, 0.3) is 5.56 Å². The van der Waals surface area contributed by atoms with Crippen molar-refractivity contribution in [2.45, 2.75) is 38.0 Å². The third-order valence-electron chi connectivity index (χ3n) is 3.08. The summed E-state index contributed by atoms with van der Waals surface area (Å²) >= 11 is 0. The maximum atomic E-state index is 11.4. The summed E-state index contributed by atoms with van der Waals surface area (Å²) in [4.78, 5) is 28.9. The van der Waals surface area contributed by atoms with Gasteiger partial charge in [-0.25, -0.2) is 4.98 Å². The van der Waals surface area contributed by atoms with Crippen LogP contribution in [0.2, 0.25) is 0 Å². The van der Waals surface area contributed by atoms with Crippen LogP contribution in [0.4, 0.5) is 0 Å². The van der Waals surface area contributed by atoms with Gasteiger partial charge in [-0.05, 0) is 19.8 Å². The average Bonchev–Trinajstić information content (AvgIpc) is 2.12. The number of nitrogens with one attached hydrogen (secondary N) is 1. The SMILES string of the molecule is CC(C(=O)O)c1nc(C2CCC2)cc(=O)[nH]1. The van der Waals surface area contributed by atoms with Crippen molar-refractivity contribution in [1.29, 1.82) is 0 Å². The molecule has 0 radical (unpaired) electrons. The molecule has 1 aromatic rings. The predicted molar refractivity (Wildman–Crippen MR) is 57.5 cm³/mol. The van der Waals surface area contributed by atoms with Crippen molar-refractivity contribution in [2.24, 2.45) is 0 Å². The van der Waals surface area contributed by atoms with E-state index in [1.165, 1.54) is 13.0 Å². The van der Waals surface area contributed by atoms with E-state index in [4.69, 9.17) is 5.11 Å². The number of carboxylic acid groups (broad SMARTS) is 1. The molecule has 0 spiro atoms. The number of carboxylic acids is 1. The molecular weight excluding hydrogens is 208 g/mol. The van der Waals surface area contributed by atoms with E-state index in [-0.39, 0.29) is 11.4 Å². The predicted octanol–water partition coefficient (Wildman–Crippen LogP) is 1.23. The molecule has 2 rings (SSSR count). The van der Waals surface area contributed by atoms with Gasteiger partial charge in [-0.1, -0.05) is 6.42 Å². The summed E-state index contributed by atoms with van der Waals surface area (Å²) in [5, 5.41) is 8.86. The third kappa shape index (κ3) is 1.98. The van der Waals surface area contributed by atoms with Crippen LogP contribution in [0, 0.1) is 0 Å². The lowest BCUT2D eigenvalue weighted by atomic mass is 9.83. The van der Waals surface area contributed by atoms with Crippen molar-refractivity contribution in [3.63, 3.8) is 0 Å². The van der Waals surface area contributed by atoms with E-state index in [0.29, 0.717) is 5.92 Å². The van der Waals surface area contributed by atoms with E-state index >= 15 is 0 Å². The van der Waals surface area contributed by atoms with Crippen molar-refractivity contribution < 1.29 is 9.90 Å². The number of hydrogen-bond acceptors (Lipinski definition) is 3. The minimum Gasteiger partial charge on any atom is -0.481 e. The Morgan fingerprint density at radius 1 is 1.62 bits per heavy atom. The van der Waals surface area contributed by atoms with E-state index in [1.54, 1.807) is 0 Å². The smallest absolute Gasteiger partial charge is 0.313 e. The Hall–Kier alpha value is -1.65. The van der Waals surface area contributed by atoms with Gasteiger partial charge >= 0.3 is 5.97 Å². The number of H-pyrrole nitrogens is 1. The number of carbonyl (C=O) groups is 1. The van der Waals surface area contributed by atoms with Crippen molar-refractivity contribution in [3.8, 4) is 0 Å². The molecule has 1 unspecified atom stereocenters. The largest absolute Gasteiger partial charge is 0.481 e. The third-order valence-corrected chi connectivity index (χ3v) is 3.08.